The van der Waals surface area contributed by atoms with E-state index in [1.54, 1.807) is 6.07 Å². The minimum atomic E-state index is 0.0987. The first-order valence-corrected chi connectivity index (χ1v) is 6.43. The first-order chi connectivity index (χ1) is 8.72. The first-order valence-electron chi connectivity index (χ1n) is 6.05. The molecule has 92 valence electrons. The highest BCUT2D eigenvalue weighted by Crippen LogP contribution is 2.21. The van der Waals surface area contributed by atoms with Crippen LogP contribution >= 0.6 is 11.6 Å². The van der Waals surface area contributed by atoms with E-state index < -0.39 is 0 Å². The summed E-state index contributed by atoms with van der Waals surface area (Å²) >= 11 is 5.89. The molecule has 2 heterocycles. The maximum Gasteiger partial charge on any atom is 0.223 e. The summed E-state index contributed by atoms with van der Waals surface area (Å²) in [6.45, 7) is 0.793. The van der Waals surface area contributed by atoms with Crippen molar-refractivity contribution in [2.24, 2.45) is 5.92 Å². The Morgan fingerprint density at radius 2 is 2.17 bits per heavy atom. The molecular weight excluding hydrogens is 248 g/mol. The molecule has 1 atom stereocenters. The highest BCUT2D eigenvalue weighted by atomic mass is 35.5. The fourth-order valence-corrected chi connectivity index (χ4v) is 2.54. The van der Waals surface area contributed by atoms with Gasteiger partial charge in [0.2, 0.25) is 5.91 Å². The molecule has 1 amide bonds. The zero-order valence-electron chi connectivity index (χ0n) is 9.82. The van der Waals surface area contributed by atoms with Crippen molar-refractivity contribution in [2.45, 2.75) is 12.8 Å². The summed E-state index contributed by atoms with van der Waals surface area (Å²) in [4.78, 5) is 15.8. The number of carbonyl (C=O) groups is 1. The third kappa shape index (κ3) is 2.18. The standard InChI is InChI=1S/C14H13ClN2O/c15-13-4-3-10-2-1-9(8-12(10)17-13)7-11-5-6-16-14(11)18/h1-4,8,11H,5-7H2,(H,16,18). The number of amides is 1. The summed E-state index contributed by atoms with van der Waals surface area (Å²) in [6, 6.07) is 9.85. The lowest BCUT2D eigenvalue weighted by molar-refractivity contribution is -0.122. The van der Waals surface area contributed by atoms with Crippen molar-refractivity contribution in [2.75, 3.05) is 6.54 Å². The van der Waals surface area contributed by atoms with Crippen molar-refractivity contribution in [3.05, 3.63) is 41.0 Å². The minimum Gasteiger partial charge on any atom is -0.356 e. The number of halogens is 1. The van der Waals surface area contributed by atoms with Crippen molar-refractivity contribution in [3.63, 3.8) is 0 Å². The van der Waals surface area contributed by atoms with Crippen molar-refractivity contribution < 1.29 is 4.79 Å². The van der Waals surface area contributed by atoms with Gasteiger partial charge in [-0.2, -0.15) is 0 Å². The van der Waals surface area contributed by atoms with Gasteiger partial charge < -0.3 is 5.32 Å². The molecule has 1 aliphatic rings. The van der Waals surface area contributed by atoms with Gasteiger partial charge in [0.05, 0.1) is 5.52 Å². The Bertz CT molecular complexity index is 612. The van der Waals surface area contributed by atoms with Crippen LogP contribution in [0.2, 0.25) is 5.15 Å². The van der Waals surface area contributed by atoms with E-state index in [9.17, 15) is 4.79 Å². The number of hydrogen-bond donors (Lipinski definition) is 1. The van der Waals surface area contributed by atoms with Gasteiger partial charge in [0, 0.05) is 17.8 Å². The third-order valence-corrected chi connectivity index (χ3v) is 3.58. The number of hydrogen-bond acceptors (Lipinski definition) is 2. The number of fused-ring (bicyclic) bond motifs is 1. The van der Waals surface area contributed by atoms with E-state index in [2.05, 4.69) is 16.4 Å². The number of benzene rings is 1. The molecule has 1 aliphatic heterocycles. The largest absolute Gasteiger partial charge is 0.356 e. The monoisotopic (exact) mass is 260 g/mol. The predicted octanol–water partition coefficient (Wildman–Crippen LogP) is 2.57. The predicted molar refractivity (Wildman–Crippen MR) is 71.6 cm³/mol. The van der Waals surface area contributed by atoms with Gasteiger partial charge in [-0.1, -0.05) is 23.7 Å². The van der Waals surface area contributed by atoms with E-state index in [1.165, 1.54) is 0 Å². The molecule has 1 aromatic heterocycles. The molecule has 0 bridgehead atoms. The molecule has 1 unspecified atom stereocenters. The van der Waals surface area contributed by atoms with Crippen LogP contribution in [0.15, 0.2) is 30.3 Å². The van der Waals surface area contributed by atoms with E-state index >= 15 is 0 Å². The normalized spacial score (nSPS) is 19.2. The van der Waals surface area contributed by atoms with Crippen molar-refractivity contribution in [3.8, 4) is 0 Å². The molecule has 1 fully saturated rings. The molecule has 0 radical (unpaired) electrons. The van der Waals surface area contributed by atoms with Gasteiger partial charge in [-0.25, -0.2) is 4.98 Å². The number of rotatable bonds is 2. The van der Waals surface area contributed by atoms with Gasteiger partial charge >= 0.3 is 0 Å². The fraction of sp³-hybridized carbons (Fsp3) is 0.286. The average molecular weight is 261 g/mol. The van der Waals surface area contributed by atoms with E-state index in [-0.39, 0.29) is 11.8 Å². The van der Waals surface area contributed by atoms with Gasteiger partial charge in [-0.3, -0.25) is 4.79 Å². The Hall–Kier alpha value is -1.61. The molecular formula is C14H13ClN2O. The molecule has 0 saturated carbocycles. The zero-order valence-corrected chi connectivity index (χ0v) is 10.6. The smallest absolute Gasteiger partial charge is 0.223 e. The molecule has 2 aromatic rings. The molecule has 0 spiro atoms. The average Bonchev–Trinajstić information content (AvgIpc) is 2.74. The zero-order chi connectivity index (χ0) is 12.5. The topological polar surface area (TPSA) is 42.0 Å². The van der Waals surface area contributed by atoms with Gasteiger partial charge in [0.25, 0.3) is 0 Å². The summed E-state index contributed by atoms with van der Waals surface area (Å²) in [5, 5.41) is 4.43. The van der Waals surface area contributed by atoms with Gasteiger partial charge in [-0.05, 0) is 36.6 Å². The highest BCUT2D eigenvalue weighted by molar-refractivity contribution is 6.29. The number of carbonyl (C=O) groups excluding carboxylic acids is 1. The molecule has 4 heteroatoms. The first kappa shape index (κ1) is 11.5. The lowest BCUT2D eigenvalue weighted by Crippen LogP contribution is -2.20. The van der Waals surface area contributed by atoms with Crippen molar-refractivity contribution in [1.29, 1.82) is 0 Å². The van der Waals surface area contributed by atoms with Crippen LogP contribution in [0.1, 0.15) is 12.0 Å². The minimum absolute atomic E-state index is 0.0987. The molecule has 1 aromatic carbocycles. The number of aromatic nitrogens is 1. The van der Waals surface area contributed by atoms with Crippen molar-refractivity contribution in [1.82, 2.24) is 10.3 Å². The number of nitrogens with one attached hydrogen (secondary N) is 1. The Kier molecular flexibility index (Phi) is 2.92. The second kappa shape index (κ2) is 4.58. The summed E-state index contributed by atoms with van der Waals surface area (Å²) in [5.41, 5.74) is 2.03. The summed E-state index contributed by atoms with van der Waals surface area (Å²) < 4.78 is 0. The second-order valence-electron chi connectivity index (χ2n) is 4.64. The van der Waals surface area contributed by atoms with Crippen LogP contribution in [0.3, 0.4) is 0 Å². The van der Waals surface area contributed by atoms with Crippen LogP contribution in [0.5, 0.6) is 0 Å². The van der Waals surface area contributed by atoms with Crippen LogP contribution in [-0.2, 0) is 11.2 Å². The molecule has 18 heavy (non-hydrogen) atoms. The van der Waals surface area contributed by atoms with Crippen molar-refractivity contribution >= 4 is 28.4 Å². The Morgan fingerprint density at radius 3 is 2.94 bits per heavy atom. The SMILES string of the molecule is O=C1NCCC1Cc1ccc2ccc(Cl)nc2c1. The summed E-state index contributed by atoms with van der Waals surface area (Å²) in [7, 11) is 0. The number of nitrogens with zero attached hydrogens (tertiary/aromatic N) is 1. The summed E-state index contributed by atoms with van der Waals surface area (Å²) in [5.74, 6) is 0.260. The second-order valence-corrected chi connectivity index (χ2v) is 5.03. The fourth-order valence-electron chi connectivity index (χ4n) is 2.39. The van der Waals surface area contributed by atoms with E-state index in [0.717, 1.165) is 35.9 Å². The highest BCUT2D eigenvalue weighted by Gasteiger charge is 2.23. The Balaban J connectivity index is 1.90. The number of pyridine rings is 1. The maximum atomic E-state index is 11.5. The van der Waals surface area contributed by atoms with E-state index in [0.29, 0.717) is 5.15 Å². The Morgan fingerprint density at radius 1 is 1.33 bits per heavy atom. The maximum absolute atomic E-state index is 11.5. The van der Waals surface area contributed by atoms with Crippen LogP contribution in [0.4, 0.5) is 0 Å². The molecule has 1 N–H and O–H groups in total. The van der Waals surface area contributed by atoms with Gasteiger partial charge in [0.15, 0.2) is 0 Å². The quantitative estimate of drug-likeness (QED) is 0.844. The van der Waals surface area contributed by atoms with Crippen LogP contribution in [0, 0.1) is 5.92 Å². The molecule has 3 nitrogen and oxygen atoms in total. The third-order valence-electron chi connectivity index (χ3n) is 3.37. The molecule has 3 rings (SSSR count). The van der Waals surface area contributed by atoms with Crippen LogP contribution < -0.4 is 5.32 Å². The lowest BCUT2D eigenvalue weighted by atomic mass is 9.97. The van der Waals surface area contributed by atoms with Gasteiger partial charge in [-0.15, -0.1) is 0 Å². The lowest BCUT2D eigenvalue weighted by Gasteiger charge is -2.07. The molecule has 1 saturated heterocycles. The molecule has 0 aliphatic carbocycles. The van der Waals surface area contributed by atoms with E-state index in [4.69, 9.17) is 11.6 Å². The summed E-state index contributed by atoms with van der Waals surface area (Å²) in [6.07, 6.45) is 1.69. The van der Waals surface area contributed by atoms with Gasteiger partial charge in [0.1, 0.15) is 5.15 Å². The van der Waals surface area contributed by atoms with Crippen LogP contribution in [-0.4, -0.2) is 17.4 Å². The van der Waals surface area contributed by atoms with E-state index in [1.807, 2.05) is 18.2 Å². The van der Waals surface area contributed by atoms with Crippen LogP contribution in [0.25, 0.3) is 10.9 Å². The Labute approximate surface area is 110 Å².